The van der Waals surface area contributed by atoms with Gasteiger partial charge in [-0.25, -0.2) is 4.98 Å². The Morgan fingerprint density at radius 3 is 2.62 bits per heavy atom. The zero-order chi connectivity index (χ0) is 22.1. The smallest absolute Gasteiger partial charge is 0.247 e. The number of carbonyl (C=O) groups is 1. The van der Waals surface area contributed by atoms with Gasteiger partial charge < -0.3 is 14.2 Å². The Morgan fingerprint density at radius 2 is 1.84 bits per heavy atom. The third kappa shape index (κ3) is 4.22. The second kappa shape index (κ2) is 8.47. The molecular weight excluding hydrogens is 404 g/mol. The molecule has 0 aliphatic carbocycles. The van der Waals surface area contributed by atoms with E-state index in [0.29, 0.717) is 17.3 Å². The molecule has 1 fully saturated rings. The van der Waals surface area contributed by atoms with Crippen molar-refractivity contribution in [1.29, 1.82) is 0 Å². The van der Waals surface area contributed by atoms with Crippen LogP contribution >= 0.6 is 0 Å². The van der Waals surface area contributed by atoms with E-state index in [2.05, 4.69) is 37.0 Å². The average molecular weight is 428 g/mol. The van der Waals surface area contributed by atoms with Gasteiger partial charge in [-0.1, -0.05) is 6.07 Å². The Hall–Kier alpha value is -3.65. The summed E-state index contributed by atoms with van der Waals surface area (Å²) in [6.45, 7) is 5.57. The van der Waals surface area contributed by atoms with Crippen LogP contribution in [-0.4, -0.2) is 64.1 Å². The van der Waals surface area contributed by atoms with E-state index in [-0.39, 0.29) is 12.2 Å². The van der Waals surface area contributed by atoms with Crippen LogP contribution in [0.15, 0.2) is 53.2 Å². The Morgan fingerprint density at radius 1 is 1.00 bits per heavy atom. The molecule has 1 saturated heterocycles. The highest BCUT2D eigenvalue weighted by Crippen LogP contribution is 2.24. The monoisotopic (exact) mass is 428 g/mol. The predicted octanol–water partition coefficient (Wildman–Crippen LogP) is 3.17. The maximum atomic E-state index is 13.0. The number of benzene rings is 1. The van der Waals surface area contributed by atoms with Crippen molar-refractivity contribution < 1.29 is 9.21 Å². The fourth-order valence-corrected chi connectivity index (χ4v) is 3.90. The Kier molecular flexibility index (Phi) is 5.36. The highest BCUT2D eigenvalue weighted by molar-refractivity contribution is 5.98. The van der Waals surface area contributed by atoms with E-state index in [1.165, 1.54) is 0 Å². The van der Waals surface area contributed by atoms with E-state index in [9.17, 15) is 4.79 Å². The molecule has 1 aromatic carbocycles. The van der Waals surface area contributed by atoms with Crippen LogP contribution in [0.4, 0.5) is 5.82 Å². The van der Waals surface area contributed by atoms with E-state index in [1.54, 1.807) is 25.4 Å². The van der Waals surface area contributed by atoms with E-state index in [0.717, 1.165) is 54.0 Å². The topological polar surface area (TPSA) is 88.2 Å². The van der Waals surface area contributed by atoms with Gasteiger partial charge >= 0.3 is 0 Å². The predicted molar refractivity (Wildman–Crippen MR) is 122 cm³/mol. The third-order valence-corrected chi connectivity index (χ3v) is 5.79. The summed E-state index contributed by atoms with van der Waals surface area (Å²) in [7, 11) is 2.12. The summed E-state index contributed by atoms with van der Waals surface area (Å²) in [6, 6.07) is 11.5. The molecule has 0 bridgehead atoms. The lowest BCUT2D eigenvalue weighted by molar-refractivity contribution is 0.0992. The molecule has 0 unspecified atom stereocenters. The molecule has 4 heterocycles. The van der Waals surface area contributed by atoms with Crippen LogP contribution in [0.3, 0.4) is 0 Å². The van der Waals surface area contributed by atoms with Crippen molar-refractivity contribution in [2.75, 3.05) is 38.1 Å². The quantitative estimate of drug-likeness (QED) is 0.448. The number of rotatable bonds is 5. The van der Waals surface area contributed by atoms with Gasteiger partial charge in [-0.2, -0.15) is 0 Å². The molecule has 1 aliphatic rings. The Labute approximate surface area is 185 Å². The number of aryl methyl sites for hydroxylation is 1. The fraction of sp³-hybridized carbons (Fsp3) is 0.292. The lowest BCUT2D eigenvalue weighted by atomic mass is 10.0. The molecule has 0 saturated carbocycles. The molecule has 0 N–H and O–H groups in total. The number of nitrogens with zero attached hydrogens (tertiary/aromatic N) is 6. The highest BCUT2D eigenvalue weighted by atomic mass is 16.4. The zero-order valence-electron chi connectivity index (χ0n) is 18.2. The van der Waals surface area contributed by atoms with Gasteiger partial charge in [-0.15, -0.1) is 10.2 Å². The number of aromatic nitrogens is 4. The van der Waals surface area contributed by atoms with Gasteiger partial charge in [-0.05, 0) is 42.8 Å². The third-order valence-electron chi connectivity index (χ3n) is 5.79. The maximum Gasteiger partial charge on any atom is 0.247 e. The molecule has 0 atom stereocenters. The minimum absolute atomic E-state index is 0.0262. The first-order valence-electron chi connectivity index (χ1n) is 10.7. The molecular formula is C24H24N6O2. The maximum absolute atomic E-state index is 13.0. The van der Waals surface area contributed by atoms with Crippen LogP contribution in [0.2, 0.25) is 0 Å². The fourth-order valence-electron chi connectivity index (χ4n) is 3.90. The summed E-state index contributed by atoms with van der Waals surface area (Å²) in [4.78, 5) is 26.5. The first-order chi connectivity index (χ1) is 15.5. The number of fused-ring (bicyclic) bond motifs is 1. The van der Waals surface area contributed by atoms with Crippen molar-refractivity contribution >= 4 is 22.4 Å². The number of ketones is 1. The summed E-state index contributed by atoms with van der Waals surface area (Å²) in [5.74, 6) is 1.88. The number of Topliss-reactive ketones (excluding diaryl/α,β-unsaturated/α-hetero) is 1. The zero-order valence-corrected chi connectivity index (χ0v) is 18.2. The molecule has 8 nitrogen and oxygen atoms in total. The van der Waals surface area contributed by atoms with Gasteiger partial charge in [-0.3, -0.25) is 9.78 Å². The minimum atomic E-state index is 0.0262. The van der Waals surface area contributed by atoms with Crippen LogP contribution in [-0.2, 0) is 6.42 Å². The molecule has 32 heavy (non-hydrogen) atoms. The van der Waals surface area contributed by atoms with Gasteiger partial charge in [0.05, 0.1) is 6.42 Å². The van der Waals surface area contributed by atoms with Crippen molar-refractivity contribution in [3.05, 3.63) is 65.9 Å². The van der Waals surface area contributed by atoms with Gasteiger partial charge in [0.25, 0.3) is 0 Å². The number of pyridine rings is 2. The SMILES string of the molecule is Cc1nnc(-c2ccc3cnc(CC(=O)c4ccnc(N5CCN(C)CC5)c4)cc3c2)o1. The number of hydrogen-bond donors (Lipinski definition) is 0. The molecule has 0 amide bonds. The van der Waals surface area contributed by atoms with Gasteiger partial charge in [0, 0.05) is 67.7 Å². The average Bonchev–Trinajstić information content (AvgIpc) is 3.25. The van der Waals surface area contributed by atoms with E-state index in [4.69, 9.17) is 4.42 Å². The summed E-state index contributed by atoms with van der Waals surface area (Å²) < 4.78 is 5.53. The summed E-state index contributed by atoms with van der Waals surface area (Å²) in [6.07, 6.45) is 3.74. The van der Waals surface area contributed by atoms with E-state index < -0.39 is 0 Å². The standard InChI is InChI=1S/C24H24N6O2/c1-16-27-28-24(32-16)18-3-4-19-15-26-21(12-20(19)11-18)14-22(31)17-5-6-25-23(13-17)30-9-7-29(2)8-10-30/h3-6,11-13,15H,7-10,14H2,1-2H3. The number of piperazine rings is 1. The number of likely N-dealkylation sites (N-methyl/N-ethyl adjacent to an activating group) is 1. The second-order valence-corrected chi connectivity index (χ2v) is 8.16. The lowest BCUT2D eigenvalue weighted by Crippen LogP contribution is -2.44. The van der Waals surface area contributed by atoms with Crippen molar-refractivity contribution in [1.82, 2.24) is 25.1 Å². The van der Waals surface area contributed by atoms with Crippen LogP contribution in [0.1, 0.15) is 21.9 Å². The summed E-state index contributed by atoms with van der Waals surface area (Å²) in [5.41, 5.74) is 2.22. The number of carbonyl (C=O) groups excluding carboxylic acids is 1. The normalized spacial score (nSPS) is 14.8. The molecule has 3 aromatic heterocycles. The van der Waals surface area contributed by atoms with E-state index in [1.807, 2.05) is 30.3 Å². The summed E-state index contributed by atoms with van der Waals surface area (Å²) in [5, 5.41) is 9.94. The molecule has 0 spiro atoms. The van der Waals surface area contributed by atoms with Crippen LogP contribution in [0, 0.1) is 6.92 Å². The molecule has 0 radical (unpaired) electrons. The van der Waals surface area contributed by atoms with Gasteiger partial charge in [0.15, 0.2) is 5.78 Å². The summed E-state index contributed by atoms with van der Waals surface area (Å²) >= 11 is 0. The molecule has 162 valence electrons. The van der Waals surface area contributed by atoms with Crippen molar-refractivity contribution in [2.24, 2.45) is 0 Å². The minimum Gasteiger partial charge on any atom is -0.421 e. The first kappa shape index (κ1) is 20.3. The largest absolute Gasteiger partial charge is 0.421 e. The Balaban J connectivity index is 1.36. The van der Waals surface area contributed by atoms with Crippen molar-refractivity contribution in [2.45, 2.75) is 13.3 Å². The molecule has 4 aromatic rings. The van der Waals surface area contributed by atoms with Crippen molar-refractivity contribution in [3.8, 4) is 11.5 Å². The van der Waals surface area contributed by atoms with Crippen molar-refractivity contribution in [3.63, 3.8) is 0 Å². The van der Waals surface area contributed by atoms with Crippen LogP contribution in [0.25, 0.3) is 22.2 Å². The molecule has 1 aliphatic heterocycles. The number of hydrogen-bond acceptors (Lipinski definition) is 8. The second-order valence-electron chi connectivity index (χ2n) is 8.16. The Bertz CT molecular complexity index is 1280. The van der Waals surface area contributed by atoms with Crippen LogP contribution in [0.5, 0.6) is 0 Å². The van der Waals surface area contributed by atoms with E-state index >= 15 is 0 Å². The lowest BCUT2D eigenvalue weighted by Gasteiger charge is -2.33. The highest BCUT2D eigenvalue weighted by Gasteiger charge is 2.17. The molecule has 5 rings (SSSR count). The van der Waals surface area contributed by atoms with Crippen LogP contribution < -0.4 is 4.90 Å². The first-order valence-corrected chi connectivity index (χ1v) is 10.7. The molecule has 8 heteroatoms. The van der Waals surface area contributed by atoms with Gasteiger partial charge in [0.1, 0.15) is 5.82 Å². The van der Waals surface area contributed by atoms with Gasteiger partial charge in [0.2, 0.25) is 11.8 Å². The number of anilines is 1.